The largest absolute Gasteiger partial charge is 0.489 e. The van der Waals surface area contributed by atoms with Crippen molar-refractivity contribution in [2.24, 2.45) is 5.73 Å². The molecule has 8 heteroatoms. The monoisotopic (exact) mass is 656 g/mol. The molecule has 0 saturated carbocycles. The number of esters is 1. The number of hydrogen-bond donors (Lipinski definition) is 1. The van der Waals surface area contributed by atoms with Gasteiger partial charge in [0.25, 0.3) is 5.91 Å². The van der Waals surface area contributed by atoms with Crippen LogP contribution in [0.3, 0.4) is 0 Å². The van der Waals surface area contributed by atoms with Crippen LogP contribution in [0.25, 0.3) is 11.1 Å². The van der Waals surface area contributed by atoms with Gasteiger partial charge in [-0.3, -0.25) is 9.59 Å². The summed E-state index contributed by atoms with van der Waals surface area (Å²) in [6.45, 7) is 5.90. The molecule has 0 spiro atoms. The van der Waals surface area contributed by atoms with Crippen LogP contribution in [-0.4, -0.2) is 34.3 Å². The Morgan fingerprint density at radius 2 is 1.43 bits per heavy atom. The summed E-state index contributed by atoms with van der Waals surface area (Å²) in [5.41, 5.74) is 8.86. The lowest BCUT2D eigenvalue weighted by atomic mass is 10.0. The van der Waals surface area contributed by atoms with Crippen molar-refractivity contribution in [2.75, 3.05) is 0 Å². The number of halogens is 1. The number of nitrogens with zero attached hydrogens (tertiary/aromatic N) is 1. The molecule has 0 aliphatic carbocycles. The fourth-order valence-corrected chi connectivity index (χ4v) is 5.11. The second-order valence-corrected chi connectivity index (χ2v) is 12.4. The number of rotatable bonds is 12. The van der Waals surface area contributed by atoms with Crippen LogP contribution in [0.2, 0.25) is 0 Å². The van der Waals surface area contributed by atoms with E-state index < -0.39 is 23.5 Å². The molecule has 7 nitrogen and oxygen atoms in total. The average molecular weight is 658 g/mol. The van der Waals surface area contributed by atoms with Gasteiger partial charge in [-0.25, -0.2) is 4.79 Å². The molecule has 4 rings (SSSR count). The van der Waals surface area contributed by atoms with Gasteiger partial charge in [0.2, 0.25) is 5.91 Å². The summed E-state index contributed by atoms with van der Waals surface area (Å²) in [6, 6.07) is 31.4. The standard InChI is InChI=1S/C36H37BrN2O5/c1-36(2,3)44-35(42)32(20-21-33(38)40)39(23-25-8-5-4-6-9-25)34(41)29-14-12-27(13-15-29)28-16-18-31(19-17-28)43-24-26-10-7-11-30(37)22-26/h4-19,22,32H,20-21,23-24H2,1-3H3,(H2,38,40)/t32-/m0/s1. The maximum Gasteiger partial charge on any atom is 0.329 e. The van der Waals surface area contributed by atoms with E-state index in [0.29, 0.717) is 12.2 Å². The van der Waals surface area contributed by atoms with Gasteiger partial charge in [0.05, 0.1) is 0 Å². The highest BCUT2D eigenvalue weighted by molar-refractivity contribution is 9.10. The van der Waals surface area contributed by atoms with Gasteiger partial charge >= 0.3 is 5.97 Å². The van der Waals surface area contributed by atoms with Gasteiger partial charge < -0.3 is 20.1 Å². The van der Waals surface area contributed by atoms with E-state index in [-0.39, 0.29) is 25.3 Å². The lowest BCUT2D eigenvalue weighted by Gasteiger charge is -2.33. The SMILES string of the molecule is CC(C)(C)OC(=O)[C@H](CCC(N)=O)N(Cc1ccccc1)C(=O)c1ccc(-c2ccc(OCc3cccc(Br)c3)cc2)cc1. The third kappa shape index (κ3) is 9.54. The zero-order valence-electron chi connectivity index (χ0n) is 25.2. The van der Waals surface area contributed by atoms with Gasteiger partial charge in [-0.1, -0.05) is 82.7 Å². The Balaban J connectivity index is 1.54. The van der Waals surface area contributed by atoms with E-state index in [0.717, 1.165) is 32.5 Å². The molecule has 0 radical (unpaired) electrons. The number of primary amides is 1. The Morgan fingerprint density at radius 3 is 2.02 bits per heavy atom. The number of ether oxygens (including phenoxy) is 2. The smallest absolute Gasteiger partial charge is 0.329 e. The van der Waals surface area contributed by atoms with E-state index >= 15 is 0 Å². The van der Waals surface area contributed by atoms with Crippen LogP contribution in [0.15, 0.2) is 108 Å². The minimum absolute atomic E-state index is 0.0525. The van der Waals surface area contributed by atoms with E-state index in [1.165, 1.54) is 4.90 Å². The highest BCUT2D eigenvalue weighted by Crippen LogP contribution is 2.26. The summed E-state index contributed by atoms with van der Waals surface area (Å²) in [4.78, 5) is 40.5. The molecule has 0 heterocycles. The summed E-state index contributed by atoms with van der Waals surface area (Å²) in [6.07, 6.45) is -0.0130. The first-order valence-corrected chi connectivity index (χ1v) is 15.2. The summed E-state index contributed by atoms with van der Waals surface area (Å²) < 4.78 is 12.6. The molecule has 2 N–H and O–H groups in total. The first-order valence-electron chi connectivity index (χ1n) is 14.4. The van der Waals surface area contributed by atoms with E-state index in [4.69, 9.17) is 15.2 Å². The molecule has 2 amide bonds. The van der Waals surface area contributed by atoms with Crippen molar-refractivity contribution in [3.8, 4) is 16.9 Å². The fourth-order valence-electron chi connectivity index (χ4n) is 4.66. The predicted octanol–water partition coefficient (Wildman–Crippen LogP) is 7.31. The van der Waals surface area contributed by atoms with Crippen molar-refractivity contribution in [3.05, 3.63) is 124 Å². The van der Waals surface area contributed by atoms with E-state index in [1.807, 2.05) is 91.0 Å². The minimum atomic E-state index is -1.00. The molecule has 0 aliphatic rings. The summed E-state index contributed by atoms with van der Waals surface area (Å²) in [5.74, 6) is -0.736. The number of nitrogens with two attached hydrogens (primary N) is 1. The topological polar surface area (TPSA) is 98.9 Å². The van der Waals surface area contributed by atoms with Gasteiger partial charge in [0, 0.05) is 23.0 Å². The van der Waals surface area contributed by atoms with E-state index in [9.17, 15) is 14.4 Å². The van der Waals surface area contributed by atoms with Crippen molar-refractivity contribution >= 4 is 33.7 Å². The van der Waals surface area contributed by atoms with Crippen LogP contribution in [0.4, 0.5) is 0 Å². The molecule has 1 atom stereocenters. The van der Waals surface area contributed by atoms with Crippen LogP contribution in [0.5, 0.6) is 5.75 Å². The third-order valence-electron chi connectivity index (χ3n) is 6.79. The maximum absolute atomic E-state index is 14.0. The maximum atomic E-state index is 14.0. The molecular weight excluding hydrogens is 620 g/mol. The number of hydrogen-bond acceptors (Lipinski definition) is 5. The van der Waals surface area contributed by atoms with Crippen LogP contribution in [-0.2, 0) is 27.5 Å². The van der Waals surface area contributed by atoms with Crippen LogP contribution >= 0.6 is 15.9 Å². The fraction of sp³-hybridized carbons (Fsp3) is 0.250. The molecule has 0 saturated heterocycles. The lowest BCUT2D eigenvalue weighted by molar-refractivity contribution is -0.161. The normalized spacial score (nSPS) is 11.8. The molecule has 0 aromatic heterocycles. The van der Waals surface area contributed by atoms with Crippen LogP contribution < -0.4 is 10.5 Å². The minimum Gasteiger partial charge on any atom is -0.489 e. The Labute approximate surface area is 267 Å². The number of carbonyl (C=O) groups excluding carboxylic acids is 3. The van der Waals surface area contributed by atoms with Gasteiger partial charge in [-0.2, -0.15) is 0 Å². The number of amides is 2. The first-order chi connectivity index (χ1) is 21.0. The molecule has 4 aromatic rings. The Kier molecular flexibility index (Phi) is 11.0. The second kappa shape index (κ2) is 14.8. The van der Waals surface area contributed by atoms with Gasteiger partial charge in [0.1, 0.15) is 24.0 Å². The quantitative estimate of drug-likeness (QED) is 0.161. The van der Waals surface area contributed by atoms with Gasteiger partial charge in [-0.15, -0.1) is 0 Å². The molecule has 0 fully saturated rings. The second-order valence-electron chi connectivity index (χ2n) is 11.5. The van der Waals surface area contributed by atoms with Crippen molar-refractivity contribution < 1.29 is 23.9 Å². The molecule has 0 aliphatic heterocycles. The molecule has 0 bridgehead atoms. The highest BCUT2D eigenvalue weighted by Gasteiger charge is 2.34. The Hall–Kier alpha value is -4.43. The molecule has 0 unspecified atom stereocenters. The van der Waals surface area contributed by atoms with Crippen LogP contribution in [0, 0.1) is 0 Å². The summed E-state index contributed by atoms with van der Waals surface area (Å²) >= 11 is 3.48. The van der Waals surface area contributed by atoms with E-state index in [2.05, 4.69) is 15.9 Å². The van der Waals surface area contributed by atoms with Gasteiger partial charge in [-0.05, 0) is 85.8 Å². The lowest BCUT2D eigenvalue weighted by Crippen LogP contribution is -2.47. The summed E-state index contributed by atoms with van der Waals surface area (Å²) in [5, 5.41) is 0. The number of carbonyl (C=O) groups is 3. The Bertz CT molecular complexity index is 1570. The van der Waals surface area contributed by atoms with Crippen molar-refractivity contribution in [3.63, 3.8) is 0 Å². The van der Waals surface area contributed by atoms with Crippen LogP contribution in [0.1, 0.15) is 55.1 Å². The van der Waals surface area contributed by atoms with Crippen molar-refractivity contribution in [1.29, 1.82) is 0 Å². The zero-order valence-corrected chi connectivity index (χ0v) is 26.8. The molecule has 44 heavy (non-hydrogen) atoms. The summed E-state index contributed by atoms with van der Waals surface area (Å²) in [7, 11) is 0. The molecule has 4 aromatic carbocycles. The molecular formula is C36H37BrN2O5. The van der Waals surface area contributed by atoms with E-state index in [1.54, 1.807) is 32.9 Å². The number of benzene rings is 4. The average Bonchev–Trinajstić information content (AvgIpc) is 2.99. The van der Waals surface area contributed by atoms with Crippen molar-refractivity contribution in [2.45, 2.75) is 58.4 Å². The molecule has 228 valence electrons. The van der Waals surface area contributed by atoms with Crippen molar-refractivity contribution in [1.82, 2.24) is 4.90 Å². The third-order valence-corrected chi connectivity index (χ3v) is 7.28. The first kappa shape index (κ1) is 32.5. The Morgan fingerprint density at radius 1 is 0.818 bits per heavy atom. The predicted molar refractivity (Wildman–Crippen MR) is 175 cm³/mol. The highest BCUT2D eigenvalue weighted by atomic mass is 79.9. The van der Waals surface area contributed by atoms with Gasteiger partial charge in [0.15, 0.2) is 0 Å². The zero-order chi connectivity index (χ0) is 31.7.